The topological polar surface area (TPSA) is 114 Å². The molecule has 3 rings (SSSR count). The summed E-state index contributed by atoms with van der Waals surface area (Å²) in [6.45, 7) is 1.83. The molecule has 9 nitrogen and oxygen atoms in total. The predicted molar refractivity (Wildman–Crippen MR) is 108 cm³/mol. The summed E-state index contributed by atoms with van der Waals surface area (Å²) in [5.74, 6) is -3.47. The highest BCUT2D eigenvalue weighted by atomic mass is 32.2. The van der Waals surface area contributed by atoms with Crippen LogP contribution in [0.5, 0.6) is 5.75 Å². The zero-order valence-electron chi connectivity index (χ0n) is 17.0. The number of amides is 2. The number of benzene rings is 2. The van der Waals surface area contributed by atoms with Crippen LogP contribution in [0.15, 0.2) is 47.4 Å². The number of sulfonamides is 1. The van der Waals surface area contributed by atoms with Gasteiger partial charge in [-0.25, -0.2) is 17.2 Å². The molecule has 0 radical (unpaired) electrons. The van der Waals surface area contributed by atoms with Crippen LogP contribution in [-0.4, -0.2) is 56.9 Å². The molecule has 2 aromatic rings. The van der Waals surface area contributed by atoms with E-state index in [2.05, 4.69) is 10.9 Å². The van der Waals surface area contributed by atoms with Crippen LogP contribution in [0.2, 0.25) is 0 Å². The molecule has 0 aliphatic carbocycles. The Labute approximate surface area is 183 Å². The normalized spacial score (nSPS) is 15.6. The van der Waals surface area contributed by atoms with Crippen LogP contribution in [0, 0.1) is 11.6 Å². The van der Waals surface area contributed by atoms with Crippen molar-refractivity contribution in [3.05, 3.63) is 59.7 Å². The zero-order chi connectivity index (χ0) is 23.3. The molecular formula is C20H21F2N3O6S. The lowest BCUT2D eigenvalue weighted by Crippen LogP contribution is -2.47. The minimum Gasteiger partial charge on any atom is -0.478 e. The van der Waals surface area contributed by atoms with Gasteiger partial charge in [0.2, 0.25) is 10.0 Å². The fourth-order valence-corrected chi connectivity index (χ4v) is 4.34. The number of halogens is 2. The van der Waals surface area contributed by atoms with E-state index in [0.717, 1.165) is 22.5 Å². The number of morpholine rings is 1. The number of hydrazine groups is 1. The third kappa shape index (κ3) is 5.39. The Kier molecular flexibility index (Phi) is 7.38. The standard InChI is InChI=1S/C20H21F2N3O6S/c1-13(31-17-5-3-2-4-15(17)21)19(26)23-24-20(27)14-6-7-16(22)18(12-14)32(28,29)25-8-10-30-11-9-25/h2-7,12-13H,8-11H2,1H3,(H,23,26)(H,24,27)/t13-/m1/s1. The summed E-state index contributed by atoms with van der Waals surface area (Å²) in [6.07, 6.45) is -1.15. The van der Waals surface area contributed by atoms with E-state index in [1.165, 1.54) is 31.2 Å². The average Bonchev–Trinajstić information content (AvgIpc) is 2.79. The molecule has 1 heterocycles. The Bertz CT molecular complexity index is 1110. The van der Waals surface area contributed by atoms with E-state index in [-0.39, 0.29) is 37.6 Å². The highest BCUT2D eigenvalue weighted by molar-refractivity contribution is 7.89. The molecule has 0 saturated carbocycles. The van der Waals surface area contributed by atoms with Gasteiger partial charge < -0.3 is 9.47 Å². The van der Waals surface area contributed by atoms with E-state index in [1.54, 1.807) is 0 Å². The summed E-state index contributed by atoms with van der Waals surface area (Å²) in [6, 6.07) is 8.32. The zero-order valence-corrected chi connectivity index (χ0v) is 17.8. The van der Waals surface area contributed by atoms with E-state index in [1.807, 2.05) is 0 Å². The highest BCUT2D eigenvalue weighted by Crippen LogP contribution is 2.22. The van der Waals surface area contributed by atoms with Gasteiger partial charge in [-0.2, -0.15) is 4.31 Å². The lowest BCUT2D eigenvalue weighted by Gasteiger charge is -2.26. The van der Waals surface area contributed by atoms with Crippen molar-refractivity contribution >= 4 is 21.8 Å². The lowest BCUT2D eigenvalue weighted by molar-refractivity contribution is -0.128. The molecule has 1 fully saturated rings. The number of para-hydroxylation sites is 1. The van der Waals surface area contributed by atoms with Gasteiger partial charge in [0.1, 0.15) is 10.7 Å². The van der Waals surface area contributed by atoms with E-state index in [0.29, 0.717) is 0 Å². The molecule has 12 heteroatoms. The van der Waals surface area contributed by atoms with E-state index >= 15 is 0 Å². The fourth-order valence-electron chi connectivity index (χ4n) is 2.84. The van der Waals surface area contributed by atoms with Gasteiger partial charge in [0.15, 0.2) is 17.7 Å². The van der Waals surface area contributed by atoms with Gasteiger partial charge in [-0.1, -0.05) is 12.1 Å². The number of nitrogens with zero attached hydrogens (tertiary/aromatic N) is 1. The Hall–Kier alpha value is -3.09. The fraction of sp³-hybridized carbons (Fsp3) is 0.300. The number of rotatable bonds is 6. The summed E-state index contributed by atoms with van der Waals surface area (Å²) in [7, 11) is -4.18. The van der Waals surface area contributed by atoms with Crippen molar-refractivity contribution in [2.24, 2.45) is 0 Å². The van der Waals surface area contributed by atoms with Crippen molar-refractivity contribution in [2.45, 2.75) is 17.9 Å². The van der Waals surface area contributed by atoms with Gasteiger partial charge in [-0.15, -0.1) is 0 Å². The van der Waals surface area contributed by atoms with Crippen LogP contribution in [-0.2, 0) is 19.6 Å². The second-order valence-corrected chi connectivity index (χ2v) is 8.70. The van der Waals surface area contributed by atoms with Crippen LogP contribution in [0.4, 0.5) is 8.78 Å². The molecule has 172 valence electrons. The summed E-state index contributed by atoms with van der Waals surface area (Å²) in [4.78, 5) is 23.8. The van der Waals surface area contributed by atoms with Gasteiger partial charge >= 0.3 is 0 Å². The molecular weight excluding hydrogens is 448 g/mol. The van der Waals surface area contributed by atoms with Gasteiger partial charge in [0, 0.05) is 18.7 Å². The third-order valence-electron chi connectivity index (χ3n) is 4.59. The molecule has 1 atom stereocenters. The minimum atomic E-state index is -4.18. The highest BCUT2D eigenvalue weighted by Gasteiger charge is 2.30. The van der Waals surface area contributed by atoms with Gasteiger partial charge in [0.05, 0.1) is 13.2 Å². The van der Waals surface area contributed by atoms with E-state index in [4.69, 9.17) is 9.47 Å². The monoisotopic (exact) mass is 469 g/mol. The molecule has 1 saturated heterocycles. The van der Waals surface area contributed by atoms with Crippen LogP contribution >= 0.6 is 0 Å². The van der Waals surface area contributed by atoms with Crippen LogP contribution < -0.4 is 15.6 Å². The molecule has 0 spiro atoms. The molecule has 2 aromatic carbocycles. The molecule has 2 amide bonds. The van der Waals surface area contributed by atoms with Gasteiger partial charge in [-0.05, 0) is 37.3 Å². The van der Waals surface area contributed by atoms with Crippen molar-refractivity contribution in [3.63, 3.8) is 0 Å². The molecule has 0 bridgehead atoms. The number of ether oxygens (including phenoxy) is 2. The van der Waals surface area contributed by atoms with E-state index < -0.39 is 44.5 Å². The maximum Gasteiger partial charge on any atom is 0.279 e. The molecule has 1 aliphatic heterocycles. The Morgan fingerprint density at radius 1 is 1.06 bits per heavy atom. The van der Waals surface area contributed by atoms with E-state index in [9.17, 15) is 26.8 Å². The van der Waals surface area contributed by atoms with Crippen molar-refractivity contribution in [1.29, 1.82) is 0 Å². The second-order valence-electron chi connectivity index (χ2n) is 6.80. The van der Waals surface area contributed by atoms with Crippen molar-refractivity contribution in [1.82, 2.24) is 15.2 Å². The molecule has 0 unspecified atom stereocenters. The number of carbonyl (C=O) groups excluding carboxylic acids is 2. The molecule has 1 aliphatic rings. The first-order valence-electron chi connectivity index (χ1n) is 9.59. The van der Waals surface area contributed by atoms with Crippen molar-refractivity contribution < 1.29 is 36.3 Å². The molecule has 2 N–H and O–H groups in total. The summed E-state index contributed by atoms with van der Waals surface area (Å²) in [5, 5.41) is 0. The first kappa shape index (κ1) is 23.6. The predicted octanol–water partition coefficient (Wildman–Crippen LogP) is 1.21. The number of nitrogens with one attached hydrogen (secondary N) is 2. The first-order valence-corrected chi connectivity index (χ1v) is 11.0. The van der Waals surface area contributed by atoms with Crippen LogP contribution in [0.3, 0.4) is 0 Å². The van der Waals surface area contributed by atoms with Crippen molar-refractivity contribution in [2.75, 3.05) is 26.3 Å². The lowest BCUT2D eigenvalue weighted by atomic mass is 10.2. The third-order valence-corrected chi connectivity index (χ3v) is 6.50. The summed E-state index contributed by atoms with van der Waals surface area (Å²) < 4.78 is 64.7. The average molecular weight is 469 g/mol. The number of hydrogen-bond donors (Lipinski definition) is 2. The second kappa shape index (κ2) is 10.0. The maximum atomic E-state index is 14.3. The van der Waals surface area contributed by atoms with Crippen LogP contribution in [0.25, 0.3) is 0 Å². The molecule has 32 heavy (non-hydrogen) atoms. The first-order chi connectivity index (χ1) is 15.2. The Morgan fingerprint density at radius 2 is 1.75 bits per heavy atom. The minimum absolute atomic E-state index is 0.0636. The summed E-state index contributed by atoms with van der Waals surface area (Å²) >= 11 is 0. The number of carbonyl (C=O) groups is 2. The smallest absolute Gasteiger partial charge is 0.279 e. The SMILES string of the molecule is C[C@@H](Oc1ccccc1F)C(=O)NNC(=O)c1ccc(F)c(S(=O)(=O)N2CCOCC2)c1. The molecule has 0 aromatic heterocycles. The van der Waals surface area contributed by atoms with Gasteiger partial charge in [-0.3, -0.25) is 20.4 Å². The number of hydrogen-bond acceptors (Lipinski definition) is 6. The van der Waals surface area contributed by atoms with Crippen molar-refractivity contribution in [3.8, 4) is 5.75 Å². The maximum absolute atomic E-state index is 14.3. The van der Waals surface area contributed by atoms with Gasteiger partial charge in [0.25, 0.3) is 11.8 Å². The quantitative estimate of drug-likeness (QED) is 0.615. The summed E-state index contributed by atoms with van der Waals surface area (Å²) in [5.41, 5.74) is 4.00. The van der Waals surface area contributed by atoms with Crippen LogP contribution in [0.1, 0.15) is 17.3 Å². The Morgan fingerprint density at radius 3 is 2.44 bits per heavy atom. The largest absolute Gasteiger partial charge is 0.478 e. The Balaban J connectivity index is 1.66.